The van der Waals surface area contributed by atoms with Crippen LogP contribution in [-0.4, -0.2) is 24.6 Å². The van der Waals surface area contributed by atoms with Gasteiger partial charge in [0.15, 0.2) is 0 Å². The molecule has 3 aromatic rings. The van der Waals surface area contributed by atoms with Crippen molar-refractivity contribution in [3.05, 3.63) is 75.2 Å². The van der Waals surface area contributed by atoms with Gasteiger partial charge in [0.2, 0.25) is 0 Å². The first-order chi connectivity index (χ1) is 10.7. The van der Waals surface area contributed by atoms with Gasteiger partial charge in [-0.15, -0.1) is 0 Å². The number of allylic oxidation sites excluding steroid dienone is 4. The maximum absolute atomic E-state index is 12.7. The van der Waals surface area contributed by atoms with Crippen LogP contribution in [0.25, 0.3) is 11.4 Å². The van der Waals surface area contributed by atoms with Gasteiger partial charge in [0.1, 0.15) is 11.5 Å². The molecule has 0 radical (unpaired) electrons. The SMILES string of the molecule is O=c1c(Cc2cccc(Cl)n2)c(C2=CC=C2)nc2nc[nH]n12. The van der Waals surface area contributed by atoms with Crippen LogP contribution in [0, 0.1) is 0 Å². The van der Waals surface area contributed by atoms with Crippen LogP contribution in [0.3, 0.4) is 0 Å². The van der Waals surface area contributed by atoms with Crippen molar-refractivity contribution in [2.45, 2.75) is 6.42 Å². The molecule has 0 atom stereocenters. The van der Waals surface area contributed by atoms with E-state index in [-0.39, 0.29) is 5.56 Å². The molecule has 22 heavy (non-hydrogen) atoms. The van der Waals surface area contributed by atoms with E-state index in [0.29, 0.717) is 28.6 Å². The maximum atomic E-state index is 12.7. The lowest BCUT2D eigenvalue weighted by atomic mass is 9.98. The van der Waals surface area contributed by atoms with E-state index in [1.165, 1.54) is 10.8 Å². The zero-order valence-corrected chi connectivity index (χ0v) is 12.1. The number of halogens is 1. The highest BCUT2D eigenvalue weighted by Gasteiger charge is 2.18. The average Bonchev–Trinajstić information content (AvgIpc) is 2.90. The van der Waals surface area contributed by atoms with Crippen LogP contribution >= 0.6 is 11.6 Å². The number of fused-ring (bicyclic) bond motifs is 1. The van der Waals surface area contributed by atoms with Gasteiger partial charge in [0.05, 0.1) is 11.3 Å². The minimum atomic E-state index is -0.180. The zero-order valence-electron chi connectivity index (χ0n) is 11.3. The summed E-state index contributed by atoms with van der Waals surface area (Å²) in [5.74, 6) is 0.351. The molecule has 3 aromatic heterocycles. The second kappa shape index (κ2) is 4.92. The standard InChI is InChI=1S/C15H10ClN5O/c16-12-6-2-5-10(19-12)7-11-13(9-3-1-4-9)20-15-17-8-18-21(15)14(11)22/h1-6,8H,7H2,(H,17,18,20). The summed E-state index contributed by atoms with van der Waals surface area (Å²) < 4.78 is 1.33. The maximum Gasteiger partial charge on any atom is 0.278 e. The first-order valence-electron chi connectivity index (χ1n) is 6.67. The fraction of sp³-hybridized carbons (Fsp3) is 0.0667. The average molecular weight is 312 g/mol. The molecule has 7 heteroatoms. The first kappa shape index (κ1) is 13.0. The van der Waals surface area contributed by atoms with Gasteiger partial charge in [-0.25, -0.2) is 15.0 Å². The lowest BCUT2D eigenvalue weighted by Crippen LogP contribution is -2.23. The number of aromatic nitrogens is 5. The van der Waals surface area contributed by atoms with Crippen LogP contribution in [0.15, 0.2) is 47.5 Å². The van der Waals surface area contributed by atoms with Gasteiger partial charge in [-0.05, 0) is 12.1 Å². The summed E-state index contributed by atoms with van der Waals surface area (Å²) in [6.07, 6.45) is 7.54. The van der Waals surface area contributed by atoms with Crippen molar-refractivity contribution < 1.29 is 0 Å². The predicted octanol–water partition coefficient (Wildman–Crippen LogP) is 2.01. The van der Waals surface area contributed by atoms with Gasteiger partial charge in [-0.3, -0.25) is 9.89 Å². The number of H-pyrrole nitrogens is 1. The van der Waals surface area contributed by atoms with Crippen molar-refractivity contribution >= 4 is 23.0 Å². The van der Waals surface area contributed by atoms with E-state index >= 15 is 0 Å². The molecule has 4 rings (SSSR count). The van der Waals surface area contributed by atoms with Crippen molar-refractivity contribution in [3.8, 4) is 0 Å². The van der Waals surface area contributed by atoms with E-state index in [1.54, 1.807) is 6.07 Å². The monoisotopic (exact) mass is 311 g/mol. The Morgan fingerprint density at radius 1 is 1.27 bits per heavy atom. The molecule has 108 valence electrons. The Balaban J connectivity index is 1.90. The molecule has 0 saturated heterocycles. The van der Waals surface area contributed by atoms with Crippen LogP contribution in [0.1, 0.15) is 17.0 Å². The molecule has 0 bridgehead atoms. The lowest BCUT2D eigenvalue weighted by Gasteiger charge is -2.12. The van der Waals surface area contributed by atoms with Gasteiger partial charge >= 0.3 is 0 Å². The van der Waals surface area contributed by atoms with E-state index in [0.717, 1.165) is 11.3 Å². The summed E-state index contributed by atoms with van der Waals surface area (Å²) >= 11 is 5.92. The van der Waals surface area contributed by atoms with Gasteiger partial charge < -0.3 is 0 Å². The minimum absolute atomic E-state index is 0.180. The number of hydrogen-bond donors (Lipinski definition) is 1. The van der Waals surface area contributed by atoms with Gasteiger partial charge in [0.25, 0.3) is 11.3 Å². The fourth-order valence-corrected chi connectivity index (χ4v) is 2.55. The second-order valence-electron chi connectivity index (χ2n) is 4.88. The molecule has 0 aromatic carbocycles. The summed E-state index contributed by atoms with van der Waals surface area (Å²) in [7, 11) is 0. The molecule has 6 nitrogen and oxygen atoms in total. The van der Waals surface area contributed by atoms with Crippen molar-refractivity contribution in [2.75, 3.05) is 0 Å². The highest BCUT2D eigenvalue weighted by molar-refractivity contribution is 6.29. The van der Waals surface area contributed by atoms with Gasteiger partial charge in [-0.2, -0.15) is 4.52 Å². The number of hydrogen-bond acceptors (Lipinski definition) is 4. The number of nitrogens with zero attached hydrogens (tertiary/aromatic N) is 4. The summed E-state index contributed by atoms with van der Waals surface area (Å²) in [5, 5.41) is 3.17. The minimum Gasteiger partial charge on any atom is -0.278 e. The molecule has 1 aliphatic rings. The van der Waals surface area contributed by atoms with Crippen LogP contribution in [0.2, 0.25) is 5.15 Å². The van der Waals surface area contributed by atoms with Crippen molar-refractivity contribution in [2.24, 2.45) is 0 Å². The molecular formula is C15H10ClN5O. The zero-order chi connectivity index (χ0) is 15.1. The number of rotatable bonds is 3. The van der Waals surface area contributed by atoms with Crippen LogP contribution in [0.5, 0.6) is 0 Å². The van der Waals surface area contributed by atoms with Crippen molar-refractivity contribution in [3.63, 3.8) is 0 Å². The van der Waals surface area contributed by atoms with E-state index in [1.807, 2.05) is 30.4 Å². The van der Waals surface area contributed by atoms with Gasteiger partial charge in [-0.1, -0.05) is 35.9 Å². The van der Waals surface area contributed by atoms with Crippen LogP contribution < -0.4 is 5.56 Å². The van der Waals surface area contributed by atoms with Gasteiger partial charge in [0, 0.05) is 17.7 Å². The van der Waals surface area contributed by atoms with Crippen LogP contribution in [-0.2, 0) is 6.42 Å². The Morgan fingerprint density at radius 3 is 2.86 bits per heavy atom. The predicted molar refractivity (Wildman–Crippen MR) is 82.8 cm³/mol. The molecule has 0 spiro atoms. The number of aromatic amines is 1. The number of pyridine rings is 1. The van der Waals surface area contributed by atoms with E-state index in [9.17, 15) is 4.79 Å². The lowest BCUT2D eigenvalue weighted by molar-refractivity contribution is 0.862. The normalized spacial score (nSPS) is 13.2. The van der Waals surface area contributed by atoms with Crippen LogP contribution in [0.4, 0.5) is 0 Å². The summed E-state index contributed by atoms with van der Waals surface area (Å²) in [6.45, 7) is 0. The molecule has 0 amide bonds. The molecule has 1 N–H and O–H groups in total. The molecule has 0 unspecified atom stereocenters. The fourth-order valence-electron chi connectivity index (χ4n) is 2.37. The number of nitrogens with one attached hydrogen (secondary N) is 1. The highest BCUT2D eigenvalue weighted by Crippen LogP contribution is 2.23. The Kier molecular flexibility index (Phi) is 2.90. The van der Waals surface area contributed by atoms with Crippen molar-refractivity contribution in [1.82, 2.24) is 24.6 Å². The Hall–Kier alpha value is -2.73. The summed E-state index contributed by atoms with van der Waals surface area (Å²) in [4.78, 5) is 25.5. The third-order valence-corrected chi connectivity index (χ3v) is 3.69. The molecule has 0 aliphatic heterocycles. The summed E-state index contributed by atoms with van der Waals surface area (Å²) in [6, 6.07) is 5.35. The van der Waals surface area contributed by atoms with E-state index in [2.05, 4.69) is 20.1 Å². The molecule has 1 aliphatic carbocycles. The highest BCUT2D eigenvalue weighted by atomic mass is 35.5. The first-order valence-corrected chi connectivity index (χ1v) is 7.05. The third-order valence-electron chi connectivity index (χ3n) is 3.48. The van der Waals surface area contributed by atoms with E-state index in [4.69, 9.17) is 11.6 Å². The molecule has 3 heterocycles. The Labute approximate surface area is 129 Å². The smallest absolute Gasteiger partial charge is 0.278 e. The quantitative estimate of drug-likeness (QED) is 0.751. The third kappa shape index (κ3) is 2.05. The Bertz CT molecular complexity index is 999. The molecular weight excluding hydrogens is 302 g/mol. The summed E-state index contributed by atoms with van der Waals surface area (Å²) in [5.41, 5.74) is 2.66. The molecule has 0 saturated carbocycles. The molecule has 0 fully saturated rings. The van der Waals surface area contributed by atoms with E-state index < -0.39 is 0 Å². The topological polar surface area (TPSA) is 75.9 Å². The second-order valence-corrected chi connectivity index (χ2v) is 5.26. The largest absolute Gasteiger partial charge is 0.278 e. The van der Waals surface area contributed by atoms with Crippen molar-refractivity contribution in [1.29, 1.82) is 0 Å². The Morgan fingerprint density at radius 2 is 2.14 bits per heavy atom.